The van der Waals surface area contributed by atoms with Crippen molar-refractivity contribution in [1.82, 2.24) is 20.8 Å². The maximum atomic E-state index is 11.8. The van der Waals surface area contributed by atoms with E-state index in [0.29, 0.717) is 5.16 Å². The predicted octanol–water partition coefficient (Wildman–Crippen LogP) is 0.938. The van der Waals surface area contributed by atoms with Gasteiger partial charge in [0.2, 0.25) is 5.91 Å². The first-order valence-corrected chi connectivity index (χ1v) is 7.28. The van der Waals surface area contributed by atoms with Crippen LogP contribution in [-0.2, 0) is 4.79 Å². The normalized spacial score (nSPS) is 9.91. The lowest BCUT2D eigenvalue weighted by Crippen LogP contribution is -2.42. The van der Waals surface area contributed by atoms with E-state index in [1.807, 2.05) is 0 Å². The predicted molar refractivity (Wildman–Crippen MR) is 81.5 cm³/mol. The van der Waals surface area contributed by atoms with Crippen LogP contribution in [0.5, 0.6) is 0 Å². The van der Waals surface area contributed by atoms with Crippen molar-refractivity contribution in [1.29, 1.82) is 0 Å². The van der Waals surface area contributed by atoms with Gasteiger partial charge in [-0.05, 0) is 12.1 Å². The van der Waals surface area contributed by atoms with Crippen molar-refractivity contribution in [3.8, 4) is 0 Å². The van der Waals surface area contributed by atoms with Crippen LogP contribution in [0.15, 0.2) is 47.9 Å². The first-order valence-electron chi connectivity index (χ1n) is 6.30. The largest absolute Gasteiger partial charge is 0.272 e. The van der Waals surface area contributed by atoms with Crippen molar-refractivity contribution in [2.24, 2.45) is 0 Å². The molecule has 23 heavy (non-hydrogen) atoms. The summed E-state index contributed by atoms with van der Waals surface area (Å²) in [5, 5.41) is 11.1. The van der Waals surface area contributed by atoms with Crippen molar-refractivity contribution in [2.75, 3.05) is 5.75 Å². The van der Waals surface area contributed by atoms with Gasteiger partial charge in [-0.3, -0.25) is 30.6 Å². The molecule has 2 rings (SSSR count). The molecule has 1 heterocycles. The van der Waals surface area contributed by atoms with Gasteiger partial charge in [-0.1, -0.05) is 17.8 Å². The van der Waals surface area contributed by atoms with E-state index in [1.165, 1.54) is 18.2 Å². The van der Waals surface area contributed by atoms with Gasteiger partial charge in [0, 0.05) is 30.1 Å². The number of amides is 2. The van der Waals surface area contributed by atoms with Crippen LogP contribution in [-0.4, -0.2) is 32.5 Å². The van der Waals surface area contributed by atoms with E-state index in [0.717, 1.165) is 17.8 Å². The Hall–Kier alpha value is -3.01. The lowest BCUT2D eigenvalue weighted by atomic mass is 10.2. The Balaban J connectivity index is 1.83. The second kappa shape index (κ2) is 7.84. The highest BCUT2D eigenvalue weighted by Crippen LogP contribution is 2.13. The number of nitrogens with zero attached hydrogens (tertiary/aromatic N) is 3. The van der Waals surface area contributed by atoms with E-state index in [2.05, 4.69) is 20.8 Å². The topological polar surface area (TPSA) is 127 Å². The van der Waals surface area contributed by atoms with Gasteiger partial charge in [0.05, 0.1) is 10.7 Å². The molecule has 9 nitrogen and oxygen atoms in total. The molecule has 0 saturated carbocycles. The van der Waals surface area contributed by atoms with Gasteiger partial charge in [-0.2, -0.15) is 0 Å². The minimum Gasteiger partial charge on any atom is -0.272 e. The zero-order valence-electron chi connectivity index (χ0n) is 11.6. The molecule has 0 aliphatic rings. The Morgan fingerprint density at radius 3 is 2.61 bits per heavy atom. The summed E-state index contributed by atoms with van der Waals surface area (Å²) in [5.41, 5.74) is 4.26. The molecule has 0 aliphatic carbocycles. The third-order valence-electron chi connectivity index (χ3n) is 2.51. The summed E-state index contributed by atoms with van der Waals surface area (Å²) >= 11 is 1.11. The summed E-state index contributed by atoms with van der Waals surface area (Å²) in [5.74, 6) is -1.09. The Morgan fingerprint density at radius 2 is 1.91 bits per heavy atom. The summed E-state index contributed by atoms with van der Waals surface area (Å²) in [6.07, 6.45) is 3.11. The molecule has 0 spiro atoms. The molecule has 0 aliphatic heterocycles. The maximum absolute atomic E-state index is 11.8. The monoisotopic (exact) mass is 333 g/mol. The Kier molecular flexibility index (Phi) is 5.58. The molecule has 2 aromatic rings. The molecular weight excluding hydrogens is 322 g/mol. The average Bonchev–Trinajstić information content (AvgIpc) is 2.58. The fraction of sp³-hybridized carbons (Fsp3) is 0.0769. The number of carbonyl (C=O) groups is 2. The summed E-state index contributed by atoms with van der Waals surface area (Å²) in [6, 6.07) is 6.84. The molecule has 2 N–H and O–H groups in total. The molecule has 0 fully saturated rings. The molecule has 2 amide bonds. The highest BCUT2D eigenvalue weighted by Gasteiger charge is 2.12. The number of nitrogens with one attached hydrogen (secondary N) is 2. The minimum atomic E-state index is -0.650. The van der Waals surface area contributed by atoms with Crippen LogP contribution in [0.3, 0.4) is 0 Å². The quantitative estimate of drug-likeness (QED) is 0.361. The molecule has 10 heteroatoms. The van der Waals surface area contributed by atoms with Crippen LogP contribution in [0.1, 0.15) is 10.4 Å². The van der Waals surface area contributed by atoms with Crippen LogP contribution < -0.4 is 10.9 Å². The standard InChI is InChI=1S/C13H11N5O4S/c19-11(8-23-13-14-5-2-6-15-13)16-17-12(20)9-3-1-4-10(7-9)18(21)22/h1-7H,8H2,(H,16,19)(H,17,20). The second-order valence-electron chi connectivity index (χ2n) is 4.13. The minimum absolute atomic E-state index is 0.0131. The van der Waals surface area contributed by atoms with E-state index in [4.69, 9.17) is 0 Å². The number of hydrogen-bond acceptors (Lipinski definition) is 7. The summed E-state index contributed by atoms with van der Waals surface area (Å²) in [4.78, 5) is 41.4. The van der Waals surface area contributed by atoms with Gasteiger partial charge in [0.25, 0.3) is 11.6 Å². The zero-order chi connectivity index (χ0) is 16.7. The molecule has 0 bridgehead atoms. The van der Waals surface area contributed by atoms with Gasteiger partial charge in [0.1, 0.15) is 0 Å². The fourth-order valence-electron chi connectivity index (χ4n) is 1.49. The van der Waals surface area contributed by atoms with Crippen LogP contribution in [0, 0.1) is 10.1 Å². The molecule has 0 unspecified atom stereocenters. The lowest BCUT2D eigenvalue weighted by molar-refractivity contribution is -0.384. The highest BCUT2D eigenvalue weighted by atomic mass is 32.2. The van der Waals surface area contributed by atoms with Crippen LogP contribution in [0.25, 0.3) is 0 Å². The number of hydrazine groups is 1. The molecule has 1 aromatic heterocycles. The number of aromatic nitrogens is 2. The second-order valence-corrected chi connectivity index (χ2v) is 5.07. The molecule has 0 saturated heterocycles. The van der Waals surface area contributed by atoms with Gasteiger partial charge < -0.3 is 0 Å². The van der Waals surface area contributed by atoms with Crippen molar-refractivity contribution < 1.29 is 14.5 Å². The van der Waals surface area contributed by atoms with Crippen molar-refractivity contribution in [3.05, 3.63) is 58.4 Å². The van der Waals surface area contributed by atoms with Gasteiger partial charge in [0.15, 0.2) is 5.16 Å². The van der Waals surface area contributed by atoms with Gasteiger partial charge in [-0.25, -0.2) is 9.97 Å². The van der Waals surface area contributed by atoms with Gasteiger partial charge in [-0.15, -0.1) is 0 Å². The first kappa shape index (κ1) is 16.4. The van der Waals surface area contributed by atoms with Crippen LogP contribution in [0.2, 0.25) is 0 Å². The number of non-ortho nitro benzene ring substituents is 1. The molecule has 0 atom stereocenters. The van der Waals surface area contributed by atoms with Crippen LogP contribution >= 0.6 is 11.8 Å². The van der Waals surface area contributed by atoms with E-state index in [9.17, 15) is 19.7 Å². The number of rotatable bonds is 5. The number of nitro groups is 1. The summed E-state index contributed by atoms with van der Waals surface area (Å²) in [7, 11) is 0. The number of carbonyl (C=O) groups excluding carboxylic acids is 2. The number of thioether (sulfide) groups is 1. The molecule has 0 radical (unpaired) electrons. The highest BCUT2D eigenvalue weighted by molar-refractivity contribution is 7.99. The van der Waals surface area contributed by atoms with E-state index in [1.54, 1.807) is 18.5 Å². The third-order valence-corrected chi connectivity index (χ3v) is 3.38. The summed E-state index contributed by atoms with van der Waals surface area (Å²) in [6.45, 7) is 0. The smallest absolute Gasteiger partial charge is 0.270 e. The average molecular weight is 333 g/mol. The Morgan fingerprint density at radius 1 is 1.17 bits per heavy atom. The first-order chi connectivity index (χ1) is 11.1. The number of nitro benzene ring substituents is 1. The van der Waals surface area contributed by atoms with Crippen molar-refractivity contribution >= 4 is 29.3 Å². The molecule has 1 aromatic carbocycles. The van der Waals surface area contributed by atoms with E-state index >= 15 is 0 Å². The fourth-order valence-corrected chi connectivity index (χ4v) is 2.09. The van der Waals surface area contributed by atoms with E-state index < -0.39 is 16.7 Å². The van der Waals surface area contributed by atoms with Crippen LogP contribution in [0.4, 0.5) is 5.69 Å². The number of hydrogen-bond donors (Lipinski definition) is 2. The SMILES string of the molecule is O=C(CSc1ncccn1)NNC(=O)c1cccc([N+](=O)[O-])c1. The van der Waals surface area contributed by atoms with Crippen molar-refractivity contribution in [2.45, 2.75) is 5.16 Å². The Labute approximate surface area is 134 Å². The third kappa shape index (κ3) is 5.04. The maximum Gasteiger partial charge on any atom is 0.270 e. The van der Waals surface area contributed by atoms with Crippen molar-refractivity contribution in [3.63, 3.8) is 0 Å². The molecule has 118 valence electrons. The van der Waals surface area contributed by atoms with Gasteiger partial charge >= 0.3 is 0 Å². The Bertz CT molecular complexity index is 725. The van der Waals surface area contributed by atoms with E-state index in [-0.39, 0.29) is 17.0 Å². The number of benzene rings is 1. The summed E-state index contributed by atoms with van der Waals surface area (Å²) < 4.78 is 0. The zero-order valence-corrected chi connectivity index (χ0v) is 12.4. The molecular formula is C13H11N5O4S. The lowest BCUT2D eigenvalue weighted by Gasteiger charge is -2.06.